The third kappa shape index (κ3) is 6.95. The van der Waals surface area contributed by atoms with Crippen molar-refractivity contribution in [2.75, 3.05) is 6.61 Å². The molecular weight excluding hydrogens is 402 g/mol. The molecule has 1 aromatic heterocycles. The SMILES string of the molecule is C=C(O[Si](C)(C)C(C)(C)C)/C([N+]#N)=C(\O)OCCc1cccn1C(=O)OC(C)(C)C. The quantitative estimate of drug-likeness (QED) is 0.246. The smallest absolute Gasteiger partial charge is 0.503 e. The molecule has 0 aliphatic carbocycles. The molecule has 1 aromatic rings. The Balaban J connectivity index is 2.82. The van der Waals surface area contributed by atoms with Gasteiger partial charge in [-0.1, -0.05) is 20.8 Å². The second-order valence-electron chi connectivity index (χ2n) is 9.49. The average molecular weight is 437 g/mol. The monoisotopic (exact) mass is 436 g/mol. The number of carbonyl (C=O) groups excluding carboxylic acids is 1. The Morgan fingerprint density at radius 3 is 2.37 bits per heavy atom. The first-order chi connectivity index (χ1) is 13.6. The number of diazo groups is 1. The van der Waals surface area contributed by atoms with Gasteiger partial charge in [0, 0.05) is 18.3 Å². The number of aromatic nitrogens is 1. The van der Waals surface area contributed by atoms with Gasteiger partial charge in [0.1, 0.15) is 5.60 Å². The van der Waals surface area contributed by atoms with E-state index in [-0.39, 0.29) is 23.1 Å². The van der Waals surface area contributed by atoms with Crippen molar-refractivity contribution in [2.24, 2.45) is 0 Å². The van der Waals surface area contributed by atoms with Crippen molar-refractivity contribution in [3.8, 4) is 0 Å². The molecule has 0 saturated heterocycles. The van der Waals surface area contributed by atoms with Crippen LogP contribution in [0.5, 0.6) is 0 Å². The van der Waals surface area contributed by atoms with Crippen LogP contribution in [0.15, 0.2) is 42.3 Å². The third-order valence-corrected chi connectivity index (χ3v) is 9.14. The van der Waals surface area contributed by atoms with Gasteiger partial charge in [-0.3, -0.25) is 4.57 Å². The molecule has 8 nitrogen and oxygen atoms in total. The van der Waals surface area contributed by atoms with Crippen LogP contribution in [0, 0.1) is 5.39 Å². The first kappa shape index (κ1) is 25.3. The van der Waals surface area contributed by atoms with Crippen molar-refractivity contribution in [1.82, 2.24) is 4.57 Å². The van der Waals surface area contributed by atoms with Gasteiger partial charge in [0.15, 0.2) is 4.98 Å². The molecule has 0 spiro atoms. The highest BCUT2D eigenvalue weighted by atomic mass is 28.4. The van der Waals surface area contributed by atoms with Gasteiger partial charge in [0.25, 0.3) is 8.32 Å². The molecule has 1 rings (SSSR count). The zero-order chi connectivity index (χ0) is 23.3. The van der Waals surface area contributed by atoms with E-state index in [1.807, 2.05) is 13.1 Å². The lowest BCUT2D eigenvalue weighted by Crippen LogP contribution is -2.40. The Morgan fingerprint density at radius 2 is 1.87 bits per heavy atom. The van der Waals surface area contributed by atoms with Gasteiger partial charge in [-0.25, -0.2) is 4.79 Å². The Kier molecular flexibility index (Phi) is 7.92. The minimum Gasteiger partial charge on any atom is -0.538 e. The van der Waals surface area contributed by atoms with Crippen LogP contribution in [0.25, 0.3) is 4.98 Å². The summed E-state index contributed by atoms with van der Waals surface area (Å²) in [4.78, 5) is 15.3. The van der Waals surface area contributed by atoms with Crippen LogP contribution in [0.4, 0.5) is 4.79 Å². The van der Waals surface area contributed by atoms with Gasteiger partial charge in [-0.05, 0) is 57.6 Å². The summed E-state index contributed by atoms with van der Waals surface area (Å²) in [5.74, 6) is -0.560. The second kappa shape index (κ2) is 9.39. The minimum atomic E-state index is -2.23. The zero-order valence-corrected chi connectivity index (χ0v) is 20.3. The maximum absolute atomic E-state index is 12.3. The number of aliphatic hydroxyl groups excluding tert-OH is 1. The molecular formula is C21H34N3O5Si+. The molecule has 0 aromatic carbocycles. The molecule has 0 aliphatic heterocycles. The van der Waals surface area contributed by atoms with Crippen molar-refractivity contribution in [1.29, 1.82) is 5.39 Å². The minimum absolute atomic E-state index is 0.0328. The van der Waals surface area contributed by atoms with Crippen molar-refractivity contribution >= 4 is 14.4 Å². The van der Waals surface area contributed by atoms with Gasteiger partial charge in [0.2, 0.25) is 11.2 Å². The van der Waals surface area contributed by atoms with Gasteiger partial charge in [-0.15, -0.1) is 0 Å². The largest absolute Gasteiger partial charge is 0.538 e. The predicted octanol–water partition coefficient (Wildman–Crippen LogP) is 5.95. The van der Waals surface area contributed by atoms with Crippen molar-refractivity contribution in [3.63, 3.8) is 0 Å². The Labute approximate surface area is 179 Å². The van der Waals surface area contributed by atoms with E-state index in [4.69, 9.17) is 13.9 Å². The molecule has 9 heteroatoms. The molecule has 0 fully saturated rings. The summed E-state index contributed by atoms with van der Waals surface area (Å²) >= 11 is 0. The summed E-state index contributed by atoms with van der Waals surface area (Å²) in [5.41, 5.74) is -0.226. The summed E-state index contributed by atoms with van der Waals surface area (Å²) in [7, 11) is -2.23. The Hall–Kier alpha value is -2.73. The Bertz CT molecular complexity index is 851. The lowest BCUT2D eigenvalue weighted by Gasteiger charge is -2.35. The molecule has 0 saturated carbocycles. The molecule has 1 heterocycles. The molecule has 0 unspecified atom stereocenters. The molecule has 166 valence electrons. The first-order valence-electron chi connectivity index (χ1n) is 9.78. The fourth-order valence-electron chi connectivity index (χ4n) is 2.16. The second-order valence-corrected chi connectivity index (χ2v) is 14.2. The van der Waals surface area contributed by atoms with E-state index in [1.54, 1.807) is 39.1 Å². The lowest BCUT2D eigenvalue weighted by molar-refractivity contribution is 0.0529. The third-order valence-electron chi connectivity index (χ3n) is 4.77. The van der Waals surface area contributed by atoms with Gasteiger partial charge < -0.3 is 19.0 Å². The van der Waals surface area contributed by atoms with E-state index in [2.05, 4.69) is 32.3 Å². The highest BCUT2D eigenvalue weighted by molar-refractivity contribution is 6.74. The lowest BCUT2D eigenvalue weighted by atomic mass is 10.2. The number of ether oxygens (including phenoxy) is 2. The molecule has 1 N–H and O–H groups in total. The standard InChI is InChI=1S/C21H33N3O5Si/c1-15(29-30(8,9)21(5,6)7)17(23-22)18(25)27-14-12-16-11-10-13-24(16)19(26)28-20(2,3)4/h10-11,13H,1,12,14H2,2-9H3/p+1/b18-17-. The van der Waals surface area contributed by atoms with Crippen molar-refractivity contribution in [3.05, 3.63) is 53.0 Å². The summed E-state index contributed by atoms with van der Waals surface area (Å²) in [6.07, 6.45) is 1.41. The maximum atomic E-state index is 12.3. The van der Waals surface area contributed by atoms with E-state index in [9.17, 15) is 15.3 Å². The van der Waals surface area contributed by atoms with Crippen LogP contribution in [0.3, 0.4) is 0 Å². The first-order valence-corrected chi connectivity index (χ1v) is 12.7. The molecule has 0 atom stereocenters. The summed E-state index contributed by atoms with van der Waals surface area (Å²) in [6, 6.07) is 3.48. The van der Waals surface area contributed by atoms with Crippen LogP contribution in [0.2, 0.25) is 18.1 Å². The molecule has 0 aliphatic rings. The summed E-state index contributed by atoms with van der Waals surface area (Å²) < 4.78 is 18.0. The number of carbonyl (C=O) groups is 1. The van der Waals surface area contributed by atoms with Crippen LogP contribution < -0.4 is 0 Å². The van der Waals surface area contributed by atoms with Crippen LogP contribution in [0.1, 0.15) is 47.2 Å². The van der Waals surface area contributed by atoms with E-state index in [0.29, 0.717) is 12.1 Å². The van der Waals surface area contributed by atoms with E-state index in [1.165, 1.54) is 4.57 Å². The normalized spacial score (nSPS) is 13.2. The van der Waals surface area contributed by atoms with Gasteiger partial charge >= 0.3 is 17.7 Å². The van der Waals surface area contributed by atoms with E-state index >= 15 is 0 Å². The van der Waals surface area contributed by atoms with Crippen LogP contribution >= 0.6 is 0 Å². The van der Waals surface area contributed by atoms with Crippen LogP contribution in [-0.2, 0) is 20.3 Å². The van der Waals surface area contributed by atoms with Crippen molar-refractivity contribution < 1.29 is 23.8 Å². The molecule has 30 heavy (non-hydrogen) atoms. The van der Waals surface area contributed by atoms with Gasteiger partial charge in [-0.2, -0.15) is 0 Å². The number of hydrogen-bond donors (Lipinski definition) is 1. The maximum Gasteiger partial charge on any atom is 0.503 e. The number of hydrogen-bond acceptors (Lipinski definition) is 6. The number of nitrogens with zero attached hydrogens (tertiary/aromatic N) is 3. The molecule has 0 amide bonds. The van der Waals surface area contributed by atoms with E-state index in [0.717, 1.165) is 0 Å². The summed E-state index contributed by atoms with van der Waals surface area (Å²) in [6.45, 7) is 19.4. The number of aliphatic hydroxyl groups is 1. The highest BCUT2D eigenvalue weighted by Crippen LogP contribution is 2.38. The summed E-state index contributed by atoms with van der Waals surface area (Å²) in [5, 5.41) is 19.4. The molecule has 0 radical (unpaired) electrons. The fraction of sp³-hybridized carbons (Fsp3) is 0.571. The van der Waals surface area contributed by atoms with Crippen LogP contribution in [-0.4, -0.2) is 36.3 Å². The Morgan fingerprint density at radius 1 is 1.27 bits per heavy atom. The average Bonchev–Trinajstić information content (AvgIpc) is 3.01. The topological polar surface area (TPSA) is 98.1 Å². The fourth-order valence-corrected chi connectivity index (χ4v) is 3.18. The van der Waals surface area contributed by atoms with Gasteiger partial charge in [0.05, 0.1) is 6.61 Å². The van der Waals surface area contributed by atoms with E-state index < -0.39 is 26.0 Å². The van der Waals surface area contributed by atoms with Crippen molar-refractivity contribution in [2.45, 2.75) is 71.7 Å². The number of rotatable bonds is 7. The zero-order valence-electron chi connectivity index (χ0n) is 19.3. The highest BCUT2D eigenvalue weighted by Gasteiger charge is 2.42. The predicted molar refractivity (Wildman–Crippen MR) is 118 cm³/mol. The molecule has 0 bridgehead atoms.